The summed E-state index contributed by atoms with van der Waals surface area (Å²) in [5.74, 6) is -2.24. The van der Waals surface area contributed by atoms with Crippen molar-refractivity contribution >= 4 is 39.9 Å². The van der Waals surface area contributed by atoms with Crippen molar-refractivity contribution in [2.45, 2.75) is 0 Å². The van der Waals surface area contributed by atoms with Crippen LogP contribution in [0.3, 0.4) is 0 Å². The third-order valence-corrected chi connectivity index (χ3v) is 3.57. The SMILES string of the molecule is Nc1nc(C(=O)N2C(=O)c3cccc(N)c3C2=O)cs1. The molecular weight excluding hydrogens is 280 g/mol. The van der Waals surface area contributed by atoms with Gasteiger partial charge in [-0.25, -0.2) is 9.88 Å². The van der Waals surface area contributed by atoms with Gasteiger partial charge in [-0.3, -0.25) is 14.4 Å². The summed E-state index contributed by atoms with van der Waals surface area (Å²) < 4.78 is 0. The van der Waals surface area contributed by atoms with E-state index in [1.54, 1.807) is 6.07 Å². The molecule has 1 aliphatic heterocycles. The first-order valence-corrected chi connectivity index (χ1v) is 6.41. The average Bonchev–Trinajstić information content (AvgIpc) is 2.94. The van der Waals surface area contributed by atoms with Gasteiger partial charge in [0, 0.05) is 11.1 Å². The lowest BCUT2D eigenvalue weighted by molar-refractivity contribution is 0.0564. The minimum Gasteiger partial charge on any atom is -0.398 e. The largest absolute Gasteiger partial charge is 0.398 e. The Kier molecular flexibility index (Phi) is 2.54. The van der Waals surface area contributed by atoms with E-state index in [2.05, 4.69) is 4.98 Å². The highest BCUT2D eigenvalue weighted by Gasteiger charge is 2.42. The minimum atomic E-state index is -0.802. The van der Waals surface area contributed by atoms with Gasteiger partial charge in [0.15, 0.2) is 5.13 Å². The number of imide groups is 3. The molecule has 1 aliphatic rings. The maximum atomic E-state index is 12.2. The van der Waals surface area contributed by atoms with E-state index in [1.165, 1.54) is 17.5 Å². The number of carbonyl (C=O) groups excluding carboxylic acids is 3. The molecule has 0 fully saturated rings. The van der Waals surface area contributed by atoms with Gasteiger partial charge in [0.2, 0.25) is 0 Å². The highest BCUT2D eigenvalue weighted by Crippen LogP contribution is 2.29. The molecule has 20 heavy (non-hydrogen) atoms. The first-order chi connectivity index (χ1) is 9.50. The molecule has 0 radical (unpaired) electrons. The van der Waals surface area contributed by atoms with E-state index in [0.717, 1.165) is 11.3 Å². The molecule has 1 aromatic heterocycles. The Labute approximate surface area is 116 Å². The third-order valence-electron chi connectivity index (χ3n) is 2.89. The number of nitrogens with zero attached hydrogens (tertiary/aromatic N) is 2. The normalized spacial score (nSPS) is 13.7. The van der Waals surface area contributed by atoms with Crippen molar-refractivity contribution in [1.82, 2.24) is 9.88 Å². The molecule has 3 amide bonds. The molecule has 0 atom stereocenters. The molecule has 0 unspecified atom stereocenters. The van der Waals surface area contributed by atoms with Crippen LogP contribution in [0.2, 0.25) is 0 Å². The number of carbonyl (C=O) groups is 3. The summed E-state index contributed by atoms with van der Waals surface area (Å²) in [6.07, 6.45) is 0. The summed E-state index contributed by atoms with van der Waals surface area (Å²) in [5.41, 5.74) is 11.4. The van der Waals surface area contributed by atoms with Crippen molar-refractivity contribution in [2.75, 3.05) is 11.5 Å². The Morgan fingerprint density at radius 3 is 2.55 bits per heavy atom. The Balaban J connectivity index is 2.06. The molecule has 8 heteroatoms. The third kappa shape index (κ3) is 1.58. The van der Waals surface area contributed by atoms with Crippen LogP contribution >= 0.6 is 11.3 Å². The van der Waals surface area contributed by atoms with Gasteiger partial charge in [-0.2, -0.15) is 0 Å². The Hall–Kier alpha value is -2.74. The maximum Gasteiger partial charge on any atom is 0.287 e. The fraction of sp³-hybridized carbons (Fsp3) is 0. The van der Waals surface area contributed by atoms with E-state index >= 15 is 0 Å². The number of benzene rings is 1. The highest BCUT2D eigenvalue weighted by atomic mass is 32.1. The zero-order valence-electron chi connectivity index (χ0n) is 9.99. The van der Waals surface area contributed by atoms with Crippen molar-refractivity contribution < 1.29 is 14.4 Å². The van der Waals surface area contributed by atoms with Crippen LogP contribution in [0, 0.1) is 0 Å². The molecule has 100 valence electrons. The van der Waals surface area contributed by atoms with E-state index in [1.807, 2.05) is 0 Å². The van der Waals surface area contributed by atoms with Gasteiger partial charge in [0.05, 0.1) is 11.1 Å². The topological polar surface area (TPSA) is 119 Å². The second-order valence-electron chi connectivity index (χ2n) is 4.09. The standard InChI is InChI=1S/C12H8N4O3S/c13-6-3-1-2-5-8(6)11(19)16(9(5)17)10(18)7-4-20-12(14)15-7/h1-4H,13H2,(H2,14,15). The van der Waals surface area contributed by atoms with Crippen LogP contribution in [0.15, 0.2) is 23.6 Å². The van der Waals surface area contributed by atoms with Gasteiger partial charge >= 0.3 is 0 Å². The molecule has 1 aromatic carbocycles. The number of hydrogen-bond acceptors (Lipinski definition) is 7. The molecule has 3 rings (SSSR count). The monoisotopic (exact) mass is 288 g/mol. The lowest BCUT2D eigenvalue weighted by atomic mass is 10.1. The first kappa shape index (κ1) is 12.3. The fourth-order valence-electron chi connectivity index (χ4n) is 2.00. The number of nitrogen functional groups attached to an aromatic ring is 2. The number of anilines is 2. The second kappa shape index (κ2) is 4.14. The number of hydrogen-bond donors (Lipinski definition) is 2. The Morgan fingerprint density at radius 1 is 1.20 bits per heavy atom. The van der Waals surface area contributed by atoms with E-state index < -0.39 is 17.7 Å². The molecule has 0 bridgehead atoms. The van der Waals surface area contributed by atoms with Gasteiger partial charge in [-0.1, -0.05) is 6.07 Å². The zero-order chi connectivity index (χ0) is 14.4. The fourth-order valence-corrected chi connectivity index (χ4v) is 2.53. The lowest BCUT2D eigenvalue weighted by Gasteiger charge is -2.09. The molecule has 2 heterocycles. The zero-order valence-corrected chi connectivity index (χ0v) is 10.8. The van der Waals surface area contributed by atoms with Gasteiger partial charge in [-0.05, 0) is 12.1 Å². The van der Waals surface area contributed by atoms with Crippen LogP contribution in [-0.4, -0.2) is 27.6 Å². The van der Waals surface area contributed by atoms with Crippen molar-refractivity contribution in [3.8, 4) is 0 Å². The molecule has 0 aliphatic carbocycles. The second-order valence-corrected chi connectivity index (χ2v) is 4.98. The smallest absolute Gasteiger partial charge is 0.287 e. The van der Waals surface area contributed by atoms with E-state index in [4.69, 9.17) is 11.5 Å². The predicted octanol–water partition coefficient (Wildman–Crippen LogP) is 0.744. The lowest BCUT2D eigenvalue weighted by Crippen LogP contribution is -2.36. The number of amides is 3. The molecule has 7 nitrogen and oxygen atoms in total. The average molecular weight is 288 g/mol. The Bertz CT molecular complexity index is 768. The van der Waals surface area contributed by atoms with Crippen LogP contribution < -0.4 is 11.5 Å². The molecule has 2 aromatic rings. The summed E-state index contributed by atoms with van der Waals surface area (Å²) in [4.78, 5) is 40.9. The number of nitrogens with two attached hydrogens (primary N) is 2. The number of aromatic nitrogens is 1. The Morgan fingerprint density at radius 2 is 1.95 bits per heavy atom. The first-order valence-electron chi connectivity index (χ1n) is 5.53. The van der Waals surface area contributed by atoms with Crippen LogP contribution in [0.1, 0.15) is 31.2 Å². The summed E-state index contributed by atoms with van der Waals surface area (Å²) in [5, 5.41) is 1.58. The van der Waals surface area contributed by atoms with Gasteiger partial charge in [0.1, 0.15) is 5.69 Å². The number of thiazole rings is 1. The van der Waals surface area contributed by atoms with Gasteiger partial charge in [-0.15, -0.1) is 11.3 Å². The summed E-state index contributed by atoms with van der Waals surface area (Å²) in [6.45, 7) is 0. The predicted molar refractivity (Wildman–Crippen MR) is 72.2 cm³/mol. The highest BCUT2D eigenvalue weighted by molar-refractivity contribution is 7.13. The van der Waals surface area contributed by atoms with Crippen LogP contribution in [0.4, 0.5) is 10.8 Å². The van der Waals surface area contributed by atoms with E-state index in [-0.39, 0.29) is 27.6 Å². The molecule has 0 saturated carbocycles. The summed E-state index contributed by atoms with van der Waals surface area (Å²) >= 11 is 1.05. The quantitative estimate of drug-likeness (QED) is 0.590. The summed E-state index contributed by atoms with van der Waals surface area (Å²) in [7, 11) is 0. The van der Waals surface area contributed by atoms with Crippen molar-refractivity contribution in [3.63, 3.8) is 0 Å². The van der Waals surface area contributed by atoms with Crippen LogP contribution in [0.5, 0.6) is 0 Å². The molecule has 4 N–H and O–H groups in total. The molecular formula is C12H8N4O3S. The van der Waals surface area contributed by atoms with Gasteiger partial charge in [0.25, 0.3) is 17.7 Å². The minimum absolute atomic E-state index is 0.0411. The van der Waals surface area contributed by atoms with Gasteiger partial charge < -0.3 is 11.5 Å². The van der Waals surface area contributed by atoms with Crippen LogP contribution in [0.25, 0.3) is 0 Å². The van der Waals surface area contributed by atoms with Crippen molar-refractivity contribution in [1.29, 1.82) is 0 Å². The van der Waals surface area contributed by atoms with E-state index in [9.17, 15) is 14.4 Å². The molecule has 0 saturated heterocycles. The maximum absolute atomic E-state index is 12.2. The molecule has 0 spiro atoms. The van der Waals surface area contributed by atoms with E-state index in [0.29, 0.717) is 4.90 Å². The van der Waals surface area contributed by atoms with Crippen molar-refractivity contribution in [2.24, 2.45) is 0 Å². The van der Waals surface area contributed by atoms with Crippen LogP contribution in [-0.2, 0) is 0 Å². The summed E-state index contributed by atoms with van der Waals surface area (Å²) in [6, 6.07) is 4.50. The number of fused-ring (bicyclic) bond motifs is 1. The van der Waals surface area contributed by atoms with Crippen molar-refractivity contribution in [3.05, 3.63) is 40.4 Å². The number of rotatable bonds is 1.